The summed E-state index contributed by atoms with van der Waals surface area (Å²) in [6.45, 7) is 6.56. The molecule has 1 aromatic carbocycles. The highest BCUT2D eigenvalue weighted by atomic mass is 79.9. The Morgan fingerprint density at radius 1 is 1.18 bits per heavy atom. The first-order valence-corrected chi connectivity index (χ1v) is 11.6. The summed E-state index contributed by atoms with van der Waals surface area (Å²) in [5.41, 5.74) is 1.17. The van der Waals surface area contributed by atoms with Crippen LogP contribution in [0.5, 0.6) is 11.5 Å². The van der Waals surface area contributed by atoms with E-state index in [2.05, 4.69) is 69.6 Å². The van der Waals surface area contributed by atoms with Gasteiger partial charge in [0.15, 0.2) is 22.5 Å². The van der Waals surface area contributed by atoms with Crippen molar-refractivity contribution >= 4 is 27.7 Å². The van der Waals surface area contributed by atoms with Crippen molar-refractivity contribution < 1.29 is 9.47 Å². The molecule has 0 spiro atoms. The summed E-state index contributed by atoms with van der Waals surface area (Å²) in [4.78, 5) is 2.22. The molecule has 1 aliphatic rings. The van der Waals surface area contributed by atoms with Gasteiger partial charge in [-0.2, -0.15) is 0 Å². The van der Waals surface area contributed by atoms with Gasteiger partial charge < -0.3 is 14.0 Å². The quantitative estimate of drug-likeness (QED) is 0.486. The van der Waals surface area contributed by atoms with Gasteiger partial charge in [-0.15, -0.1) is 10.2 Å². The van der Waals surface area contributed by atoms with Crippen molar-refractivity contribution in [2.24, 2.45) is 0 Å². The lowest BCUT2D eigenvalue weighted by Crippen LogP contribution is -2.23. The molecule has 0 aliphatic carbocycles. The summed E-state index contributed by atoms with van der Waals surface area (Å²) in [6, 6.07) is 4.34. The molecule has 1 aliphatic heterocycles. The lowest BCUT2D eigenvalue weighted by molar-refractivity contribution is 0.171. The Morgan fingerprint density at radius 2 is 1.89 bits per heavy atom. The summed E-state index contributed by atoms with van der Waals surface area (Å²) in [5, 5.41) is 10.1. The molecular weight excluding hydrogens is 440 g/mol. The van der Waals surface area contributed by atoms with Crippen LogP contribution in [0.1, 0.15) is 50.5 Å². The molecule has 0 bridgehead atoms. The Hall–Kier alpha value is -1.25. The molecule has 3 rings (SSSR count). The number of thioether (sulfide) groups is 1. The fraction of sp³-hybridized carbons (Fsp3) is 0.600. The Bertz CT molecular complexity index is 797. The Kier molecular flexibility index (Phi) is 7.65. The molecule has 2 aromatic rings. The molecule has 0 amide bonds. The van der Waals surface area contributed by atoms with E-state index < -0.39 is 0 Å². The standard InChI is InChI=1S/C20H29BrN4O2S/c1-5-7-8-25-19(16(6-2)24(3)4)22-23-20(25)28-13-14-11-17-18(12-15(14)21)27-10-9-26-17/h11-12,16H,5-10,13H2,1-4H3. The van der Waals surface area contributed by atoms with Crippen molar-refractivity contribution in [3.8, 4) is 11.5 Å². The van der Waals surface area contributed by atoms with Crippen molar-refractivity contribution in [1.82, 2.24) is 19.7 Å². The number of hydrogen-bond donors (Lipinski definition) is 0. The van der Waals surface area contributed by atoms with Crippen LogP contribution >= 0.6 is 27.7 Å². The second kappa shape index (κ2) is 9.98. The third-order valence-electron chi connectivity index (χ3n) is 4.86. The summed E-state index contributed by atoms with van der Waals surface area (Å²) < 4.78 is 14.7. The van der Waals surface area contributed by atoms with Gasteiger partial charge in [-0.3, -0.25) is 4.90 Å². The maximum absolute atomic E-state index is 5.73. The van der Waals surface area contributed by atoms with Crippen LogP contribution in [0.2, 0.25) is 0 Å². The van der Waals surface area contributed by atoms with Gasteiger partial charge in [0.2, 0.25) is 0 Å². The number of aromatic nitrogens is 3. The molecule has 6 nitrogen and oxygen atoms in total. The predicted octanol–water partition coefficient (Wildman–Crippen LogP) is 4.92. The van der Waals surface area contributed by atoms with Crippen LogP contribution in [0.4, 0.5) is 0 Å². The zero-order valence-electron chi connectivity index (χ0n) is 17.1. The van der Waals surface area contributed by atoms with Crippen molar-refractivity contribution in [3.63, 3.8) is 0 Å². The maximum atomic E-state index is 5.73. The fourth-order valence-electron chi connectivity index (χ4n) is 3.32. The van der Waals surface area contributed by atoms with E-state index in [9.17, 15) is 0 Å². The van der Waals surface area contributed by atoms with Crippen molar-refractivity contribution in [2.45, 2.75) is 56.6 Å². The van der Waals surface area contributed by atoms with Crippen molar-refractivity contribution in [2.75, 3.05) is 27.3 Å². The molecule has 0 radical (unpaired) electrons. The summed E-state index contributed by atoms with van der Waals surface area (Å²) in [7, 11) is 4.21. The molecule has 2 heterocycles. The molecule has 1 aromatic heterocycles. The molecule has 0 saturated heterocycles. The van der Waals surface area contributed by atoms with E-state index in [1.54, 1.807) is 11.8 Å². The third kappa shape index (κ3) is 4.83. The minimum absolute atomic E-state index is 0.278. The second-order valence-electron chi connectivity index (χ2n) is 7.11. The largest absolute Gasteiger partial charge is 0.486 e. The summed E-state index contributed by atoms with van der Waals surface area (Å²) in [6.07, 6.45) is 3.28. The van der Waals surface area contributed by atoms with Crippen LogP contribution in [0.25, 0.3) is 0 Å². The van der Waals surface area contributed by atoms with Crippen LogP contribution in [-0.2, 0) is 12.3 Å². The minimum atomic E-state index is 0.278. The molecule has 1 atom stereocenters. The highest BCUT2D eigenvalue weighted by molar-refractivity contribution is 9.10. The van der Waals surface area contributed by atoms with Gasteiger partial charge in [-0.25, -0.2) is 0 Å². The molecular formula is C20H29BrN4O2S. The highest BCUT2D eigenvalue weighted by Crippen LogP contribution is 2.38. The Morgan fingerprint density at radius 3 is 2.54 bits per heavy atom. The van der Waals surface area contributed by atoms with Gasteiger partial charge in [0.05, 0.1) is 6.04 Å². The van der Waals surface area contributed by atoms with Gasteiger partial charge in [-0.05, 0) is 44.6 Å². The number of ether oxygens (including phenoxy) is 2. The van der Waals surface area contributed by atoms with E-state index in [0.717, 1.165) is 58.5 Å². The average Bonchev–Trinajstić information content (AvgIpc) is 3.07. The average molecular weight is 469 g/mol. The van der Waals surface area contributed by atoms with E-state index in [-0.39, 0.29) is 6.04 Å². The van der Waals surface area contributed by atoms with Crippen LogP contribution in [0.15, 0.2) is 21.8 Å². The van der Waals surface area contributed by atoms with Gasteiger partial charge >= 0.3 is 0 Å². The summed E-state index contributed by atoms with van der Waals surface area (Å²) >= 11 is 5.39. The first kappa shape index (κ1) is 21.5. The number of rotatable bonds is 9. The minimum Gasteiger partial charge on any atom is -0.486 e. The zero-order valence-corrected chi connectivity index (χ0v) is 19.5. The monoisotopic (exact) mass is 468 g/mol. The van der Waals surface area contributed by atoms with Crippen molar-refractivity contribution in [1.29, 1.82) is 0 Å². The topological polar surface area (TPSA) is 52.4 Å². The molecule has 0 saturated carbocycles. The van der Waals surface area contributed by atoms with Crippen LogP contribution in [0.3, 0.4) is 0 Å². The normalized spacial score (nSPS) is 14.5. The molecule has 0 N–H and O–H groups in total. The number of unbranched alkanes of at least 4 members (excludes halogenated alkanes) is 1. The first-order valence-electron chi connectivity index (χ1n) is 9.85. The van der Waals surface area contributed by atoms with E-state index in [1.165, 1.54) is 5.56 Å². The lowest BCUT2D eigenvalue weighted by atomic mass is 10.2. The number of benzene rings is 1. The summed E-state index contributed by atoms with van der Waals surface area (Å²) in [5.74, 6) is 3.47. The molecule has 1 unspecified atom stereocenters. The Balaban J connectivity index is 1.81. The van der Waals surface area contributed by atoms with Crippen LogP contribution < -0.4 is 9.47 Å². The lowest BCUT2D eigenvalue weighted by Gasteiger charge is -2.23. The SMILES string of the molecule is CCCCn1c(SCc2cc3c(cc2Br)OCCO3)nnc1C(CC)N(C)C. The first-order chi connectivity index (χ1) is 13.5. The second-order valence-corrected chi connectivity index (χ2v) is 8.91. The smallest absolute Gasteiger partial charge is 0.191 e. The van der Waals surface area contributed by atoms with Crippen molar-refractivity contribution in [3.05, 3.63) is 28.0 Å². The number of hydrogen-bond acceptors (Lipinski definition) is 6. The van der Waals surface area contributed by atoms with Gasteiger partial charge in [-0.1, -0.05) is 48.0 Å². The highest BCUT2D eigenvalue weighted by Gasteiger charge is 2.22. The number of nitrogens with zero attached hydrogens (tertiary/aromatic N) is 4. The van der Waals surface area contributed by atoms with Crippen LogP contribution in [0, 0.1) is 0 Å². The van der Waals surface area contributed by atoms with Gasteiger partial charge in [0.25, 0.3) is 0 Å². The van der Waals surface area contributed by atoms with E-state index >= 15 is 0 Å². The van der Waals surface area contributed by atoms with E-state index in [4.69, 9.17) is 9.47 Å². The van der Waals surface area contributed by atoms with E-state index in [0.29, 0.717) is 13.2 Å². The van der Waals surface area contributed by atoms with E-state index in [1.807, 2.05) is 6.07 Å². The molecule has 154 valence electrons. The van der Waals surface area contributed by atoms with Gasteiger partial charge in [0.1, 0.15) is 13.2 Å². The number of fused-ring (bicyclic) bond motifs is 1. The predicted molar refractivity (Wildman–Crippen MR) is 116 cm³/mol. The molecule has 28 heavy (non-hydrogen) atoms. The Labute approximate surface area is 180 Å². The third-order valence-corrected chi connectivity index (χ3v) is 6.61. The molecule has 8 heteroatoms. The fourth-order valence-corrected chi connectivity index (χ4v) is 4.93. The maximum Gasteiger partial charge on any atom is 0.191 e. The zero-order chi connectivity index (χ0) is 20.1. The van der Waals surface area contributed by atoms with Gasteiger partial charge in [0, 0.05) is 16.8 Å². The number of halogens is 1. The van der Waals surface area contributed by atoms with Crippen LogP contribution in [-0.4, -0.2) is 47.0 Å². The molecule has 0 fully saturated rings.